The molecule has 14 heavy (non-hydrogen) atoms. The zero-order valence-electron chi connectivity index (χ0n) is 7.71. The Balaban J connectivity index is 2.52. The highest BCUT2D eigenvalue weighted by atomic mass is 19.1. The molecule has 0 aliphatic rings. The smallest absolute Gasteiger partial charge is 0.140 e. The highest BCUT2D eigenvalue weighted by molar-refractivity contribution is 5.59. The lowest BCUT2D eigenvalue weighted by Gasteiger charge is -2.00. The quantitative estimate of drug-likeness (QED) is 0.678. The lowest BCUT2D eigenvalue weighted by atomic mass is 10.2. The first-order valence-electron chi connectivity index (χ1n) is 4.24. The molecule has 0 saturated heterocycles. The number of nitrogen functional groups attached to an aromatic ring is 1. The van der Waals surface area contributed by atoms with E-state index in [0.717, 1.165) is 5.69 Å². The molecule has 0 aliphatic heterocycles. The van der Waals surface area contributed by atoms with E-state index in [-0.39, 0.29) is 5.82 Å². The summed E-state index contributed by atoms with van der Waals surface area (Å²) in [6, 6.07) is 4.55. The fourth-order valence-corrected chi connectivity index (χ4v) is 1.27. The summed E-state index contributed by atoms with van der Waals surface area (Å²) in [6.45, 7) is 1.87. The van der Waals surface area contributed by atoms with Crippen LogP contribution in [0.5, 0.6) is 0 Å². The van der Waals surface area contributed by atoms with Gasteiger partial charge in [0.1, 0.15) is 11.6 Å². The Bertz CT molecular complexity index is 462. The van der Waals surface area contributed by atoms with Crippen LogP contribution in [0.15, 0.2) is 24.4 Å². The van der Waals surface area contributed by atoms with Gasteiger partial charge in [-0.25, -0.2) is 9.37 Å². The predicted molar refractivity (Wildman–Crippen MR) is 53.1 cm³/mol. The summed E-state index contributed by atoms with van der Waals surface area (Å²) in [5.41, 5.74) is 7.19. The zero-order valence-corrected chi connectivity index (χ0v) is 7.71. The molecule has 3 N–H and O–H groups in total. The van der Waals surface area contributed by atoms with Gasteiger partial charge in [0.25, 0.3) is 0 Å². The maximum atomic E-state index is 13.4. The van der Waals surface area contributed by atoms with Gasteiger partial charge in [-0.1, -0.05) is 0 Å². The van der Waals surface area contributed by atoms with Gasteiger partial charge in [-0.3, -0.25) is 0 Å². The van der Waals surface area contributed by atoms with E-state index >= 15 is 0 Å². The SMILES string of the molecule is Cc1cnc(-c2ccc(N)cc2F)[nH]1. The largest absolute Gasteiger partial charge is 0.399 e. The number of rotatable bonds is 1. The number of nitrogens with two attached hydrogens (primary N) is 1. The Hall–Kier alpha value is -1.84. The molecule has 0 amide bonds. The monoisotopic (exact) mass is 191 g/mol. The molecule has 0 spiro atoms. The molecule has 1 aromatic heterocycles. The first-order valence-corrected chi connectivity index (χ1v) is 4.24. The number of nitrogens with zero attached hydrogens (tertiary/aromatic N) is 1. The third-order valence-corrected chi connectivity index (χ3v) is 1.95. The van der Waals surface area contributed by atoms with E-state index in [2.05, 4.69) is 9.97 Å². The standard InChI is InChI=1S/C10H10FN3/c1-6-5-13-10(14-6)8-3-2-7(12)4-9(8)11/h2-5H,12H2,1H3,(H,13,14). The number of aromatic nitrogens is 2. The van der Waals surface area contributed by atoms with E-state index in [1.165, 1.54) is 6.07 Å². The van der Waals surface area contributed by atoms with Crippen molar-refractivity contribution in [3.63, 3.8) is 0 Å². The molecule has 72 valence electrons. The summed E-state index contributed by atoms with van der Waals surface area (Å²) < 4.78 is 13.4. The molecule has 0 fully saturated rings. The summed E-state index contributed by atoms with van der Waals surface area (Å²) in [6.07, 6.45) is 1.66. The van der Waals surface area contributed by atoms with Crippen LogP contribution in [0, 0.1) is 12.7 Å². The van der Waals surface area contributed by atoms with Crippen LogP contribution in [-0.2, 0) is 0 Å². The van der Waals surface area contributed by atoms with Crippen molar-refractivity contribution in [2.45, 2.75) is 6.92 Å². The Morgan fingerprint density at radius 2 is 2.21 bits per heavy atom. The van der Waals surface area contributed by atoms with Crippen molar-refractivity contribution >= 4 is 5.69 Å². The van der Waals surface area contributed by atoms with Gasteiger partial charge >= 0.3 is 0 Å². The van der Waals surface area contributed by atoms with Crippen molar-refractivity contribution in [3.05, 3.63) is 35.9 Å². The predicted octanol–water partition coefficient (Wildman–Crippen LogP) is 2.11. The third kappa shape index (κ3) is 1.46. The number of halogens is 1. The number of nitrogens with one attached hydrogen (secondary N) is 1. The number of anilines is 1. The molecule has 1 heterocycles. The second-order valence-corrected chi connectivity index (χ2v) is 3.15. The van der Waals surface area contributed by atoms with Gasteiger partial charge in [0.05, 0.1) is 5.56 Å². The molecule has 1 aromatic carbocycles. The van der Waals surface area contributed by atoms with Crippen LogP contribution in [0.2, 0.25) is 0 Å². The third-order valence-electron chi connectivity index (χ3n) is 1.95. The van der Waals surface area contributed by atoms with Crippen molar-refractivity contribution in [1.29, 1.82) is 0 Å². The average Bonchev–Trinajstić information content (AvgIpc) is 2.51. The van der Waals surface area contributed by atoms with Crippen molar-refractivity contribution < 1.29 is 4.39 Å². The van der Waals surface area contributed by atoms with Crippen LogP contribution < -0.4 is 5.73 Å². The molecular weight excluding hydrogens is 181 g/mol. The van der Waals surface area contributed by atoms with Crippen LogP contribution in [0.4, 0.5) is 10.1 Å². The molecule has 2 aromatic rings. The fourth-order valence-electron chi connectivity index (χ4n) is 1.27. The maximum Gasteiger partial charge on any atom is 0.140 e. The van der Waals surface area contributed by atoms with Crippen LogP contribution in [0.3, 0.4) is 0 Å². The number of H-pyrrole nitrogens is 1. The molecule has 0 unspecified atom stereocenters. The normalized spacial score (nSPS) is 10.4. The molecule has 0 aliphatic carbocycles. The topological polar surface area (TPSA) is 54.7 Å². The van der Waals surface area contributed by atoms with Crippen molar-refractivity contribution in [3.8, 4) is 11.4 Å². The molecule has 3 nitrogen and oxygen atoms in total. The van der Waals surface area contributed by atoms with Gasteiger partial charge in [-0.2, -0.15) is 0 Å². The van der Waals surface area contributed by atoms with E-state index < -0.39 is 0 Å². The Labute approximate surface area is 80.8 Å². The van der Waals surface area contributed by atoms with E-state index in [1.807, 2.05) is 6.92 Å². The van der Waals surface area contributed by atoms with Crippen LogP contribution >= 0.6 is 0 Å². The number of aryl methyl sites for hydroxylation is 1. The van der Waals surface area contributed by atoms with Gasteiger partial charge in [0, 0.05) is 17.6 Å². The van der Waals surface area contributed by atoms with Crippen molar-refractivity contribution in [2.75, 3.05) is 5.73 Å². The summed E-state index contributed by atoms with van der Waals surface area (Å²) in [5.74, 6) is 0.166. The molecular formula is C10H10FN3. The summed E-state index contributed by atoms with van der Waals surface area (Å²) in [4.78, 5) is 7.00. The van der Waals surface area contributed by atoms with Gasteiger partial charge in [0.2, 0.25) is 0 Å². The number of hydrogen-bond donors (Lipinski definition) is 2. The minimum absolute atomic E-state index is 0.362. The minimum Gasteiger partial charge on any atom is -0.399 e. The highest BCUT2D eigenvalue weighted by Crippen LogP contribution is 2.21. The van der Waals surface area contributed by atoms with Crippen LogP contribution in [0.1, 0.15) is 5.69 Å². The van der Waals surface area contributed by atoms with Crippen LogP contribution in [-0.4, -0.2) is 9.97 Å². The summed E-state index contributed by atoms with van der Waals surface area (Å²) in [7, 11) is 0. The molecule has 4 heteroatoms. The second kappa shape index (κ2) is 3.14. The van der Waals surface area contributed by atoms with Gasteiger partial charge in [0.15, 0.2) is 0 Å². The molecule has 0 saturated carbocycles. The summed E-state index contributed by atoms with van der Waals surface area (Å²) >= 11 is 0. The molecule has 0 radical (unpaired) electrons. The Morgan fingerprint density at radius 1 is 1.43 bits per heavy atom. The number of aromatic amines is 1. The van der Waals surface area contributed by atoms with Crippen molar-refractivity contribution in [1.82, 2.24) is 9.97 Å². The fraction of sp³-hybridized carbons (Fsp3) is 0.100. The summed E-state index contributed by atoms with van der Waals surface area (Å²) in [5, 5.41) is 0. The van der Waals surface area contributed by atoms with Crippen molar-refractivity contribution in [2.24, 2.45) is 0 Å². The highest BCUT2D eigenvalue weighted by Gasteiger charge is 2.07. The Kier molecular flexibility index (Phi) is 1.96. The molecule has 2 rings (SSSR count). The van der Waals surface area contributed by atoms with E-state index in [0.29, 0.717) is 17.1 Å². The second-order valence-electron chi connectivity index (χ2n) is 3.15. The average molecular weight is 191 g/mol. The van der Waals surface area contributed by atoms with Crippen LogP contribution in [0.25, 0.3) is 11.4 Å². The van der Waals surface area contributed by atoms with Gasteiger partial charge in [-0.15, -0.1) is 0 Å². The lowest BCUT2D eigenvalue weighted by Crippen LogP contribution is -1.90. The van der Waals surface area contributed by atoms with E-state index in [4.69, 9.17) is 5.73 Å². The maximum absolute atomic E-state index is 13.4. The first-order chi connectivity index (χ1) is 6.66. The Morgan fingerprint density at radius 3 is 2.79 bits per heavy atom. The first kappa shape index (κ1) is 8.74. The van der Waals surface area contributed by atoms with E-state index in [1.54, 1.807) is 18.3 Å². The number of imidazole rings is 1. The zero-order chi connectivity index (χ0) is 10.1. The van der Waals surface area contributed by atoms with Gasteiger partial charge < -0.3 is 10.7 Å². The minimum atomic E-state index is -0.362. The number of hydrogen-bond acceptors (Lipinski definition) is 2. The lowest BCUT2D eigenvalue weighted by molar-refractivity contribution is 0.631. The molecule has 0 bridgehead atoms. The number of benzene rings is 1. The van der Waals surface area contributed by atoms with E-state index in [9.17, 15) is 4.39 Å². The van der Waals surface area contributed by atoms with Gasteiger partial charge in [-0.05, 0) is 25.1 Å². The molecule has 0 atom stereocenters.